The number of rotatable bonds is 20. The van der Waals surface area contributed by atoms with Gasteiger partial charge in [-0.05, 0) is 42.7 Å². The molecule has 3 heteroatoms. The molecule has 1 unspecified atom stereocenters. The zero-order valence-corrected chi connectivity index (χ0v) is 22.3. The van der Waals surface area contributed by atoms with Crippen LogP contribution in [0.15, 0.2) is 54.6 Å². The minimum Gasteiger partial charge on any atom is -0.489 e. The Bertz CT molecular complexity index is 769. The van der Waals surface area contributed by atoms with Crippen LogP contribution < -0.4 is 9.47 Å². The average Bonchev–Trinajstić information content (AvgIpc) is 2.89. The standard InChI is InChI=1S/C32H48O3/c1-3-5-6-7-8-9-10-11-12-13-14-15-19-22-29(4-2)32(33)35-31-25-23-30(24-26-31)34-27-28-20-17-16-18-21-28/h16-18,20-21,23-26,29H,3-15,19,22,27H2,1-2H3. The molecule has 0 radical (unpaired) electrons. The van der Waals surface area contributed by atoms with Gasteiger partial charge >= 0.3 is 5.97 Å². The van der Waals surface area contributed by atoms with Crippen LogP contribution >= 0.6 is 0 Å². The maximum Gasteiger partial charge on any atom is 0.314 e. The molecule has 0 saturated carbocycles. The van der Waals surface area contributed by atoms with E-state index in [0.29, 0.717) is 12.4 Å². The largest absolute Gasteiger partial charge is 0.489 e. The van der Waals surface area contributed by atoms with Gasteiger partial charge in [0.1, 0.15) is 18.1 Å². The van der Waals surface area contributed by atoms with Gasteiger partial charge in [-0.25, -0.2) is 0 Å². The van der Waals surface area contributed by atoms with E-state index in [4.69, 9.17) is 9.47 Å². The number of hydrogen-bond donors (Lipinski definition) is 0. The van der Waals surface area contributed by atoms with Crippen molar-refractivity contribution in [2.75, 3.05) is 0 Å². The van der Waals surface area contributed by atoms with E-state index in [-0.39, 0.29) is 11.9 Å². The Kier molecular flexibility index (Phi) is 15.7. The molecule has 0 aromatic heterocycles. The summed E-state index contributed by atoms with van der Waals surface area (Å²) in [5, 5.41) is 0. The van der Waals surface area contributed by atoms with E-state index >= 15 is 0 Å². The number of carbonyl (C=O) groups excluding carboxylic acids is 1. The van der Waals surface area contributed by atoms with Gasteiger partial charge in [0.15, 0.2) is 0 Å². The molecule has 0 amide bonds. The number of esters is 1. The van der Waals surface area contributed by atoms with Crippen molar-refractivity contribution in [3.8, 4) is 11.5 Å². The maximum atomic E-state index is 12.6. The SMILES string of the molecule is CCCCCCCCCCCCCCCC(CC)C(=O)Oc1ccc(OCc2ccccc2)cc1. The maximum absolute atomic E-state index is 12.6. The van der Waals surface area contributed by atoms with Crippen LogP contribution in [-0.2, 0) is 11.4 Å². The van der Waals surface area contributed by atoms with Gasteiger partial charge in [-0.3, -0.25) is 4.79 Å². The molecule has 0 fully saturated rings. The quantitative estimate of drug-likeness (QED) is 0.107. The molecule has 2 aromatic rings. The van der Waals surface area contributed by atoms with E-state index in [9.17, 15) is 4.79 Å². The number of unbranched alkanes of at least 4 members (excludes halogenated alkanes) is 12. The molecule has 0 aliphatic heterocycles. The highest BCUT2D eigenvalue weighted by molar-refractivity contribution is 5.75. The van der Waals surface area contributed by atoms with E-state index in [1.807, 2.05) is 54.6 Å². The highest BCUT2D eigenvalue weighted by Crippen LogP contribution is 2.22. The summed E-state index contributed by atoms with van der Waals surface area (Å²) in [6.07, 6.45) is 19.2. The summed E-state index contributed by atoms with van der Waals surface area (Å²) >= 11 is 0. The van der Waals surface area contributed by atoms with Gasteiger partial charge in [0.05, 0.1) is 5.92 Å². The van der Waals surface area contributed by atoms with Crippen LogP contribution in [0.3, 0.4) is 0 Å². The zero-order chi connectivity index (χ0) is 25.0. The van der Waals surface area contributed by atoms with Crippen molar-refractivity contribution in [2.24, 2.45) is 5.92 Å². The van der Waals surface area contributed by atoms with Crippen LogP contribution in [0, 0.1) is 5.92 Å². The molecule has 0 spiro atoms. The lowest BCUT2D eigenvalue weighted by atomic mass is 9.97. The lowest BCUT2D eigenvalue weighted by molar-refractivity contribution is -0.139. The van der Waals surface area contributed by atoms with Gasteiger partial charge in [0, 0.05) is 0 Å². The van der Waals surface area contributed by atoms with Crippen LogP contribution in [0.2, 0.25) is 0 Å². The molecule has 1 atom stereocenters. The predicted molar refractivity (Wildman–Crippen MR) is 147 cm³/mol. The summed E-state index contributed by atoms with van der Waals surface area (Å²) in [7, 11) is 0. The second-order valence-electron chi connectivity index (χ2n) is 9.80. The third-order valence-corrected chi connectivity index (χ3v) is 6.77. The van der Waals surface area contributed by atoms with E-state index in [0.717, 1.165) is 30.6 Å². The van der Waals surface area contributed by atoms with E-state index in [1.165, 1.54) is 77.0 Å². The van der Waals surface area contributed by atoms with Crippen LogP contribution in [0.25, 0.3) is 0 Å². The second kappa shape index (κ2) is 19.0. The molecule has 35 heavy (non-hydrogen) atoms. The van der Waals surface area contributed by atoms with Crippen molar-refractivity contribution in [3.05, 3.63) is 60.2 Å². The van der Waals surface area contributed by atoms with Gasteiger partial charge in [0.25, 0.3) is 0 Å². The third kappa shape index (κ3) is 13.4. The number of ether oxygens (including phenoxy) is 2. The molecule has 2 aromatic carbocycles. The van der Waals surface area contributed by atoms with Gasteiger partial charge < -0.3 is 9.47 Å². The smallest absolute Gasteiger partial charge is 0.314 e. The van der Waals surface area contributed by atoms with Crippen molar-refractivity contribution < 1.29 is 14.3 Å². The predicted octanol–water partition coefficient (Wildman–Crippen LogP) is 9.68. The second-order valence-corrected chi connectivity index (χ2v) is 9.80. The molecular formula is C32H48O3. The summed E-state index contributed by atoms with van der Waals surface area (Å²) in [4.78, 5) is 12.6. The molecule has 0 aliphatic carbocycles. The Labute approximate surface area is 214 Å². The van der Waals surface area contributed by atoms with E-state index in [2.05, 4.69) is 13.8 Å². The molecule has 0 saturated heterocycles. The van der Waals surface area contributed by atoms with Crippen LogP contribution in [-0.4, -0.2) is 5.97 Å². The lowest BCUT2D eigenvalue weighted by Crippen LogP contribution is -2.20. The van der Waals surface area contributed by atoms with E-state index in [1.54, 1.807) is 0 Å². The first kappa shape index (κ1) is 28.9. The first-order chi connectivity index (χ1) is 17.2. The Morgan fingerprint density at radius 3 is 1.71 bits per heavy atom. The van der Waals surface area contributed by atoms with Crippen molar-refractivity contribution >= 4 is 5.97 Å². The summed E-state index contributed by atoms with van der Waals surface area (Å²) in [6.45, 7) is 4.88. The minimum atomic E-state index is -0.107. The summed E-state index contributed by atoms with van der Waals surface area (Å²) < 4.78 is 11.5. The Hall–Kier alpha value is -2.29. The van der Waals surface area contributed by atoms with Crippen LogP contribution in [0.1, 0.15) is 116 Å². The van der Waals surface area contributed by atoms with Crippen molar-refractivity contribution in [1.82, 2.24) is 0 Å². The molecule has 3 nitrogen and oxygen atoms in total. The molecular weight excluding hydrogens is 432 g/mol. The number of carbonyl (C=O) groups is 1. The van der Waals surface area contributed by atoms with Crippen molar-refractivity contribution in [1.29, 1.82) is 0 Å². The molecule has 194 valence electrons. The Balaban J connectivity index is 1.53. The van der Waals surface area contributed by atoms with Crippen molar-refractivity contribution in [2.45, 2.75) is 117 Å². The molecule has 0 heterocycles. The zero-order valence-electron chi connectivity index (χ0n) is 22.3. The van der Waals surface area contributed by atoms with Crippen molar-refractivity contribution in [3.63, 3.8) is 0 Å². The topological polar surface area (TPSA) is 35.5 Å². The number of hydrogen-bond acceptors (Lipinski definition) is 3. The average molecular weight is 481 g/mol. The lowest BCUT2D eigenvalue weighted by Gasteiger charge is -2.14. The fourth-order valence-electron chi connectivity index (χ4n) is 4.44. The van der Waals surface area contributed by atoms with Gasteiger partial charge in [-0.2, -0.15) is 0 Å². The summed E-state index contributed by atoms with van der Waals surface area (Å²) in [5.41, 5.74) is 1.13. The molecule has 2 rings (SSSR count). The monoisotopic (exact) mass is 480 g/mol. The minimum absolute atomic E-state index is 0.0169. The first-order valence-electron chi connectivity index (χ1n) is 14.2. The van der Waals surface area contributed by atoms with Crippen LogP contribution in [0.4, 0.5) is 0 Å². The summed E-state index contributed by atoms with van der Waals surface area (Å²) in [5.74, 6) is 1.24. The van der Waals surface area contributed by atoms with Crippen LogP contribution in [0.5, 0.6) is 11.5 Å². The Morgan fingerprint density at radius 1 is 0.657 bits per heavy atom. The molecule has 0 N–H and O–H groups in total. The van der Waals surface area contributed by atoms with Gasteiger partial charge in [-0.15, -0.1) is 0 Å². The number of benzene rings is 2. The van der Waals surface area contributed by atoms with E-state index < -0.39 is 0 Å². The molecule has 0 aliphatic rings. The molecule has 0 bridgehead atoms. The van der Waals surface area contributed by atoms with Gasteiger partial charge in [0.2, 0.25) is 0 Å². The highest BCUT2D eigenvalue weighted by Gasteiger charge is 2.18. The highest BCUT2D eigenvalue weighted by atomic mass is 16.5. The van der Waals surface area contributed by atoms with Gasteiger partial charge in [-0.1, -0.05) is 128 Å². The fourth-order valence-corrected chi connectivity index (χ4v) is 4.44. The fraction of sp³-hybridized carbons (Fsp3) is 0.594. The third-order valence-electron chi connectivity index (χ3n) is 6.77. The summed E-state index contributed by atoms with van der Waals surface area (Å²) in [6, 6.07) is 17.4. The Morgan fingerprint density at radius 2 is 1.17 bits per heavy atom. The normalized spacial score (nSPS) is 11.8. The first-order valence-corrected chi connectivity index (χ1v) is 14.2.